The van der Waals surface area contributed by atoms with Gasteiger partial charge in [-0.05, 0) is 36.2 Å². The number of halogens is 2. The van der Waals surface area contributed by atoms with Crippen LogP contribution in [0.2, 0.25) is 5.02 Å². The summed E-state index contributed by atoms with van der Waals surface area (Å²) in [5.74, 6) is 0.789. The number of hydrogen-bond acceptors (Lipinski definition) is 2. The second kappa shape index (κ2) is 7.11. The van der Waals surface area contributed by atoms with Gasteiger partial charge in [-0.1, -0.05) is 52.7 Å². The van der Waals surface area contributed by atoms with E-state index in [1.165, 1.54) is 0 Å². The highest BCUT2D eigenvalue weighted by Crippen LogP contribution is 2.29. The fourth-order valence-corrected chi connectivity index (χ4v) is 2.83. The van der Waals surface area contributed by atoms with Crippen LogP contribution < -0.4 is 10.5 Å². The lowest BCUT2D eigenvalue weighted by atomic mass is 10.1. The van der Waals surface area contributed by atoms with Crippen molar-refractivity contribution in [3.63, 3.8) is 0 Å². The maximum atomic E-state index is 6.12. The van der Waals surface area contributed by atoms with Crippen molar-refractivity contribution in [2.24, 2.45) is 5.73 Å². The molecule has 0 aliphatic rings. The largest absolute Gasteiger partial charge is 0.484 e. The third kappa shape index (κ3) is 3.54. The van der Waals surface area contributed by atoms with E-state index in [2.05, 4.69) is 22.9 Å². The van der Waals surface area contributed by atoms with Crippen molar-refractivity contribution in [2.45, 2.75) is 19.4 Å². The van der Waals surface area contributed by atoms with Gasteiger partial charge in [-0.25, -0.2) is 0 Å². The van der Waals surface area contributed by atoms with Gasteiger partial charge in [0.25, 0.3) is 0 Å². The average Bonchev–Trinajstić information content (AvgIpc) is 2.47. The summed E-state index contributed by atoms with van der Waals surface area (Å²) >= 11 is 9.66. The van der Waals surface area contributed by atoms with Crippen molar-refractivity contribution in [1.82, 2.24) is 0 Å². The standard InChI is InChI=1S/C16H17BrClNO/c1-2-11-9-12(7-8-15(11)18)20-16(10-19)13-5-3-4-6-14(13)17/h3-9,16H,2,10,19H2,1H3. The molecule has 0 aliphatic carbocycles. The van der Waals surface area contributed by atoms with Crippen molar-refractivity contribution in [1.29, 1.82) is 0 Å². The molecule has 1 atom stereocenters. The van der Waals surface area contributed by atoms with E-state index in [0.29, 0.717) is 6.54 Å². The van der Waals surface area contributed by atoms with Crippen molar-refractivity contribution >= 4 is 27.5 Å². The Labute approximate surface area is 133 Å². The number of benzene rings is 2. The van der Waals surface area contributed by atoms with Gasteiger partial charge >= 0.3 is 0 Å². The Bertz CT molecular complexity index is 588. The molecule has 0 fully saturated rings. The Hall–Kier alpha value is -1.03. The van der Waals surface area contributed by atoms with E-state index in [1.807, 2.05) is 42.5 Å². The zero-order valence-electron chi connectivity index (χ0n) is 11.3. The Morgan fingerprint density at radius 3 is 2.65 bits per heavy atom. The third-order valence-corrected chi connectivity index (χ3v) is 4.23. The summed E-state index contributed by atoms with van der Waals surface area (Å²) < 4.78 is 7.01. The molecule has 2 aromatic rings. The summed E-state index contributed by atoms with van der Waals surface area (Å²) in [5.41, 5.74) is 7.97. The molecule has 0 radical (unpaired) electrons. The first-order valence-corrected chi connectivity index (χ1v) is 7.72. The van der Waals surface area contributed by atoms with E-state index >= 15 is 0 Å². The fraction of sp³-hybridized carbons (Fsp3) is 0.250. The molecule has 2 nitrogen and oxygen atoms in total. The van der Waals surface area contributed by atoms with Crippen LogP contribution in [0.25, 0.3) is 0 Å². The van der Waals surface area contributed by atoms with Crippen LogP contribution in [-0.2, 0) is 6.42 Å². The van der Waals surface area contributed by atoms with Crippen molar-refractivity contribution in [3.8, 4) is 5.75 Å². The quantitative estimate of drug-likeness (QED) is 0.841. The minimum atomic E-state index is -0.184. The highest BCUT2D eigenvalue weighted by atomic mass is 79.9. The third-order valence-electron chi connectivity index (χ3n) is 3.14. The molecule has 0 bridgehead atoms. The van der Waals surface area contributed by atoms with Gasteiger partial charge in [0, 0.05) is 21.6 Å². The predicted octanol–water partition coefficient (Wildman–Crippen LogP) is 4.74. The van der Waals surface area contributed by atoms with Crippen LogP contribution >= 0.6 is 27.5 Å². The molecule has 106 valence electrons. The smallest absolute Gasteiger partial charge is 0.137 e. The molecule has 2 aromatic carbocycles. The second-order valence-corrected chi connectivity index (χ2v) is 5.73. The van der Waals surface area contributed by atoms with Gasteiger partial charge in [-0.15, -0.1) is 0 Å². The Morgan fingerprint density at radius 1 is 1.25 bits per heavy atom. The van der Waals surface area contributed by atoms with Crippen LogP contribution in [0.3, 0.4) is 0 Å². The van der Waals surface area contributed by atoms with Gasteiger partial charge in [0.15, 0.2) is 0 Å². The molecule has 20 heavy (non-hydrogen) atoms. The number of nitrogens with two attached hydrogens (primary N) is 1. The van der Waals surface area contributed by atoms with E-state index < -0.39 is 0 Å². The van der Waals surface area contributed by atoms with E-state index in [0.717, 1.165) is 32.8 Å². The Balaban J connectivity index is 2.25. The van der Waals surface area contributed by atoms with Crippen LogP contribution in [0.5, 0.6) is 5.75 Å². The topological polar surface area (TPSA) is 35.2 Å². The lowest BCUT2D eigenvalue weighted by Crippen LogP contribution is -2.19. The lowest BCUT2D eigenvalue weighted by Gasteiger charge is -2.19. The lowest BCUT2D eigenvalue weighted by molar-refractivity contribution is 0.213. The van der Waals surface area contributed by atoms with Crippen LogP contribution in [0.1, 0.15) is 24.2 Å². The Kier molecular flexibility index (Phi) is 5.46. The highest BCUT2D eigenvalue weighted by molar-refractivity contribution is 9.10. The first-order valence-electron chi connectivity index (χ1n) is 6.55. The van der Waals surface area contributed by atoms with Crippen LogP contribution in [0.4, 0.5) is 0 Å². The summed E-state index contributed by atoms with van der Waals surface area (Å²) in [6.07, 6.45) is 0.690. The minimum Gasteiger partial charge on any atom is -0.484 e. The van der Waals surface area contributed by atoms with Gasteiger partial charge in [-0.2, -0.15) is 0 Å². The molecule has 0 saturated heterocycles. The molecule has 2 rings (SSSR count). The summed E-state index contributed by atoms with van der Waals surface area (Å²) in [4.78, 5) is 0. The summed E-state index contributed by atoms with van der Waals surface area (Å²) in [6, 6.07) is 13.7. The Morgan fingerprint density at radius 2 is 2.00 bits per heavy atom. The molecule has 4 heteroatoms. The van der Waals surface area contributed by atoms with E-state index in [9.17, 15) is 0 Å². The van der Waals surface area contributed by atoms with E-state index in [1.54, 1.807) is 0 Å². The summed E-state index contributed by atoms with van der Waals surface area (Å²) in [6.45, 7) is 2.48. The highest BCUT2D eigenvalue weighted by Gasteiger charge is 2.15. The first-order chi connectivity index (χ1) is 9.65. The molecule has 0 heterocycles. The maximum absolute atomic E-state index is 6.12. The molecule has 2 N–H and O–H groups in total. The van der Waals surface area contributed by atoms with Gasteiger partial charge in [0.1, 0.15) is 11.9 Å². The molecule has 0 aromatic heterocycles. The molecule has 1 unspecified atom stereocenters. The normalized spacial score (nSPS) is 12.2. The zero-order valence-corrected chi connectivity index (χ0v) is 13.6. The van der Waals surface area contributed by atoms with Crippen molar-refractivity contribution in [2.75, 3.05) is 6.54 Å². The monoisotopic (exact) mass is 353 g/mol. The fourth-order valence-electron chi connectivity index (χ4n) is 2.03. The van der Waals surface area contributed by atoms with Gasteiger partial charge < -0.3 is 10.5 Å². The predicted molar refractivity (Wildman–Crippen MR) is 87.4 cm³/mol. The van der Waals surface area contributed by atoms with Crippen LogP contribution in [-0.4, -0.2) is 6.54 Å². The number of hydrogen-bond donors (Lipinski definition) is 1. The number of ether oxygens (including phenoxy) is 1. The van der Waals surface area contributed by atoms with Gasteiger partial charge in [0.05, 0.1) is 0 Å². The van der Waals surface area contributed by atoms with Crippen molar-refractivity contribution in [3.05, 3.63) is 63.1 Å². The van der Waals surface area contributed by atoms with Crippen molar-refractivity contribution < 1.29 is 4.74 Å². The number of aryl methyl sites for hydroxylation is 1. The van der Waals surface area contributed by atoms with Gasteiger partial charge in [0.2, 0.25) is 0 Å². The van der Waals surface area contributed by atoms with Crippen LogP contribution in [0, 0.1) is 0 Å². The van der Waals surface area contributed by atoms with E-state index in [-0.39, 0.29) is 6.10 Å². The molecular weight excluding hydrogens is 338 g/mol. The van der Waals surface area contributed by atoms with Gasteiger partial charge in [-0.3, -0.25) is 0 Å². The average molecular weight is 355 g/mol. The number of rotatable bonds is 5. The molecule has 0 aliphatic heterocycles. The molecule has 0 spiro atoms. The first kappa shape index (κ1) is 15.4. The molecule has 0 saturated carbocycles. The zero-order chi connectivity index (χ0) is 14.5. The molecule has 0 amide bonds. The maximum Gasteiger partial charge on any atom is 0.137 e. The summed E-state index contributed by atoms with van der Waals surface area (Å²) in [5, 5.41) is 0.769. The minimum absolute atomic E-state index is 0.184. The van der Waals surface area contributed by atoms with Crippen LogP contribution in [0.15, 0.2) is 46.9 Å². The SMILES string of the molecule is CCc1cc(OC(CN)c2ccccc2Br)ccc1Cl. The van der Waals surface area contributed by atoms with E-state index in [4.69, 9.17) is 22.1 Å². The second-order valence-electron chi connectivity index (χ2n) is 4.47. The molecular formula is C16H17BrClNO. The summed E-state index contributed by atoms with van der Waals surface area (Å²) in [7, 11) is 0.